The van der Waals surface area contributed by atoms with Crippen LogP contribution in [0.4, 0.5) is 10.1 Å². The molecule has 1 aliphatic rings. The summed E-state index contributed by atoms with van der Waals surface area (Å²) < 4.78 is 15.3. The van der Waals surface area contributed by atoms with E-state index in [1.165, 1.54) is 0 Å². The number of amides is 1. The molecule has 1 saturated heterocycles. The molecule has 0 radical (unpaired) electrons. The van der Waals surface area contributed by atoms with E-state index in [-0.39, 0.29) is 12.6 Å². The van der Waals surface area contributed by atoms with Crippen LogP contribution in [0.25, 0.3) is 10.9 Å². The molecule has 1 amide bonds. The predicted molar refractivity (Wildman–Crippen MR) is 94.8 cm³/mol. The third-order valence-corrected chi connectivity index (χ3v) is 5.11. The van der Waals surface area contributed by atoms with Crippen LogP contribution in [0.1, 0.15) is 35.3 Å². The third kappa shape index (κ3) is 3.47. The highest BCUT2D eigenvalue weighted by molar-refractivity contribution is 8.00. The Bertz CT molecular complexity index is 696. The quantitative estimate of drug-likeness (QED) is 0.591. The molecule has 3 rings (SSSR count). The Morgan fingerprint density at radius 3 is 2.91 bits per heavy atom. The van der Waals surface area contributed by atoms with Gasteiger partial charge in [0.1, 0.15) is 5.69 Å². The fourth-order valence-electron chi connectivity index (χ4n) is 2.68. The number of H-pyrrole nitrogens is 1. The fourth-order valence-corrected chi connectivity index (χ4v) is 3.43. The van der Waals surface area contributed by atoms with Crippen molar-refractivity contribution in [1.82, 2.24) is 9.88 Å². The van der Waals surface area contributed by atoms with Crippen molar-refractivity contribution >= 4 is 34.4 Å². The van der Waals surface area contributed by atoms with Gasteiger partial charge in [-0.3, -0.25) is 9.18 Å². The van der Waals surface area contributed by atoms with E-state index in [0.717, 1.165) is 53.8 Å². The van der Waals surface area contributed by atoms with Gasteiger partial charge in [-0.15, -0.1) is 0 Å². The Morgan fingerprint density at radius 2 is 2.22 bits per heavy atom. The first-order chi connectivity index (χ1) is 11.2. The highest BCUT2D eigenvalue weighted by atomic mass is 32.2. The normalized spacial score (nSPS) is 14.1. The number of likely N-dealkylation sites (tertiary alicyclic amines) is 1. The molecule has 1 aromatic carbocycles. The molecule has 0 atom stereocenters. The molecule has 0 unspecified atom stereocenters. The average Bonchev–Trinajstić information content (AvgIpc) is 2.82. The summed E-state index contributed by atoms with van der Waals surface area (Å²) in [6.07, 6.45) is 2.58. The summed E-state index contributed by atoms with van der Waals surface area (Å²) in [5.41, 5.74) is 3.70. The molecule has 1 aliphatic heterocycles. The molecule has 0 spiro atoms. The van der Waals surface area contributed by atoms with Crippen LogP contribution in [0.3, 0.4) is 0 Å². The van der Waals surface area contributed by atoms with Gasteiger partial charge in [0.05, 0.1) is 6.67 Å². The summed E-state index contributed by atoms with van der Waals surface area (Å²) in [5.74, 6) is 0.979. The Morgan fingerprint density at radius 1 is 1.39 bits per heavy atom. The molecule has 1 fully saturated rings. The maximum Gasteiger partial charge on any atom is 0.270 e. The van der Waals surface area contributed by atoms with Gasteiger partial charge in [0.25, 0.3) is 5.91 Å². The van der Waals surface area contributed by atoms with Crippen molar-refractivity contribution < 1.29 is 9.18 Å². The van der Waals surface area contributed by atoms with Crippen LogP contribution in [0.15, 0.2) is 18.2 Å². The zero-order valence-corrected chi connectivity index (χ0v) is 14.1. The zero-order valence-electron chi connectivity index (χ0n) is 13.3. The van der Waals surface area contributed by atoms with Gasteiger partial charge in [0.15, 0.2) is 0 Å². The number of aromatic amines is 1. The number of anilines is 1. The van der Waals surface area contributed by atoms with Crippen LogP contribution >= 0.6 is 11.9 Å². The first-order valence-corrected chi connectivity index (χ1v) is 9.04. The number of fused-ring (bicyclic) bond motifs is 1. The zero-order chi connectivity index (χ0) is 16.2. The van der Waals surface area contributed by atoms with E-state index >= 15 is 0 Å². The van der Waals surface area contributed by atoms with Crippen LogP contribution in [-0.2, 0) is 0 Å². The minimum absolute atomic E-state index is 0.0973. The van der Waals surface area contributed by atoms with Crippen LogP contribution in [-0.4, -0.2) is 41.3 Å². The Balaban J connectivity index is 1.71. The van der Waals surface area contributed by atoms with E-state index in [2.05, 4.69) is 15.8 Å². The number of unbranched alkanes of at least 4 members (excludes halogenated alkanes) is 1. The van der Waals surface area contributed by atoms with Crippen molar-refractivity contribution in [3.63, 3.8) is 0 Å². The summed E-state index contributed by atoms with van der Waals surface area (Å²) in [4.78, 5) is 17.5. The molecule has 4 nitrogen and oxygen atoms in total. The van der Waals surface area contributed by atoms with Gasteiger partial charge in [0, 0.05) is 35.4 Å². The smallest absolute Gasteiger partial charge is 0.270 e. The van der Waals surface area contributed by atoms with Crippen molar-refractivity contribution in [3.8, 4) is 0 Å². The topological polar surface area (TPSA) is 48.1 Å². The average molecular weight is 335 g/mol. The van der Waals surface area contributed by atoms with E-state index in [4.69, 9.17) is 0 Å². The molecule has 6 heteroatoms. The maximum absolute atomic E-state index is 12.4. The maximum atomic E-state index is 12.4. The monoisotopic (exact) mass is 335 g/mol. The lowest BCUT2D eigenvalue weighted by molar-refractivity contribution is 0.0646. The second-order valence-electron chi connectivity index (χ2n) is 5.88. The van der Waals surface area contributed by atoms with Crippen LogP contribution in [0.2, 0.25) is 0 Å². The number of nitrogens with zero attached hydrogens (tertiary/aromatic N) is 1. The summed E-state index contributed by atoms with van der Waals surface area (Å²) in [6, 6.07) is 6.06. The van der Waals surface area contributed by atoms with Crippen LogP contribution in [0.5, 0.6) is 0 Å². The number of alkyl halides is 1. The van der Waals surface area contributed by atoms with E-state index in [9.17, 15) is 9.18 Å². The number of carbonyl (C=O) groups is 1. The molecule has 2 aromatic rings. The predicted octanol–water partition coefficient (Wildman–Crippen LogP) is 4.13. The van der Waals surface area contributed by atoms with Gasteiger partial charge in [-0.25, -0.2) is 0 Å². The number of aromatic nitrogens is 1. The highest BCUT2D eigenvalue weighted by Crippen LogP contribution is 2.27. The molecule has 1 aromatic heterocycles. The SMILES string of the molecule is Cc1c(C(=O)N2CCC2)[nH]c2ccc(NSCCCCF)cc12. The van der Waals surface area contributed by atoms with Crippen LogP contribution in [0, 0.1) is 6.92 Å². The Kier molecular flexibility index (Phi) is 5.10. The largest absolute Gasteiger partial charge is 0.350 e. The lowest BCUT2D eigenvalue weighted by Gasteiger charge is -2.30. The van der Waals surface area contributed by atoms with Gasteiger partial charge >= 0.3 is 0 Å². The van der Waals surface area contributed by atoms with Crippen molar-refractivity contribution in [2.24, 2.45) is 0 Å². The highest BCUT2D eigenvalue weighted by Gasteiger charge is 2.25. The van der Waals surface area contributed by atoms with Gasteiger partial charge in [0.2, 0.25) is 0 Å². The summed E-state index contributed by atoms with van der Waals surface area (Å²) >= 11 is 1.59. The third-order valence-electron chi connectivity index (χ3n) is 4.24. The molecule has 0 saturated carbocycles. The van der Waals surface area contributed by atoms with Crippen LogP contribution < -0.4 is 4.72 Å². The number of halogens is 1. The number of rotatable bonds is 7. The van der Waals surface area contributed by atoms with E-state index in [0.29, 0.717) is 12.1 Å². The lowest BCUT2D eigenvalue weighted by Crippen LogP contribution is -2.42. The van der Waals surface area contributed by atoms with Gasteiger partial charge < -0.3 is 14.6 Å². The first kappa shape index (κ1) is 16.2. The van der Waals surface area contributed by atoms with E-state index in [1.54, 1.807) is 11.9 Å². The summed E-state index contributed by atoms with van der Waals surface area (Å²) in [6.45, 7) is 3.46. The number of hydrogen-bond donors (Lipinski definition) is 2. The molecule has 124 valence electrons. The second kappa shape index (κ2) is 7.25. The molecule has 0 aliphatic carbocycles. The Labute approximate surface area is 139 Å². The molecular weight excluding hydrogens is 313 g/mol. The van der Waals surface area contributed by atoms with Gasteiger partial charge in [-0.1, -0.05) is 11.9 Å². The minimum atomic E-state index is -0.247. The summed E-state index contributed by atoms with van der Waals surface area (Å²) in [7, 11) is 0. The molecule has 0 bridgehead atoms. The second-order valence-corrected chi connectivity index (χ2v) is 6.78. The van der Waals surface area contributed by atoms with Crippen molar-refractivity contribution in [3.05, 3.63) is 29.5 Å². The minimum Gasteiger partial charge on any atom is -0.350 e. The number of carbonyl (C=O) groups excluding carboxylic acids is 1. The number of benzene rings is 1. The first-order valence-electron chi connectivity index (χ1n) is 8.06. The number of aryl methyl sites for hydroxylation is 1. The van der Waals surface area contributed by atoms with E-state index < -0.39 is 0 Å². The number of hydrogen-bond acceptors (Lipinski definition) is 3. The molecule has 2 heterocycles. The lowest BCUT2D eigenvalue weighted by atomic mass is 10.1. The van der Waals surface area contributed by atoms with Gasteiger partial charge in [-0.2, -0.15) is 0 Å². The molecular formula is C17H22FN3OS. The standard InChI is InChI=1S/C17H22FN3OS/c1-12-14-11-13(20-23-10-3-2-7-18)5-6-15(14)19-16(12)17(22)21-8-4-9-21/h5-6,11,19-20H,2-4,7-10H2,1H3. The molecule has 2 N–H and O–H groups in total. The van der Waals surface area contributed by atoms with E-state index in [1.807, 2.05) is 24.0 Å². The van der Waals surface area contributed by atoms with Crippen molar-refractivity contribution in [1.29, 1.82) is 0 Å². The Hall–Kier alpha value is -1.69. The van der Waals surface area contributed by atoms with Crippen molar-refractivity contribution in [2.75, 3.05) is 30.2 Å². The molecule has 23 heavy (non-hydrogen) atoms. The summed E-state index contributed by atoms with van der Waals surface area (Å²) in [5, 5.41) is 1.07. The number of nitrogens with one attached hydrogen (secondary N) is 2. The fraction of sp³-hybridized carbons (Fsp3) is 0.471. The van der Waals surface area contributed by atoms with Gasteiger partial charge in [-0.05, 0) is 49.9 Å². The van der Waals surface area contributed by atoms with Crippen molar-refractivity contribution in [2.45, 2.75) is 26.2 Å².